The molecule has 0 radical (unpaired) electrons. The van der Waals surface area contributed by atoms with Crippen molar-refractivity contribution in [2.45, 2.75) is 17.3 Å². The van der Waals surface area contributed by atoms with Crippen LogP contribution < -0.4 is 11.0 Å². The molecule has 4 aromatic rings. The van der Waals surface area contributed by atoms with Crippen molar-refractivity contribution in [3.63, 3.8) is 0 Å². The Morgan fingerprint density at radius 2 is 2.00 bits per heavy atom. The first-order chi connectivity index (χ1) is 14.5. The summed E-state index contributed by atoms with van der Waals surface area (Å²) in [7, 11) is 0. The predicted molar refractivity (Wildman–Crippen MR) is 113 cm³/mol. The third-order valence-corrected chi connectivity index (χ3v) is 5.45. The van der Waals surface area contributed by atoms with E-state index < -0.39 is 17.4 Å². The number of aromatic nitrogens is 4. The summed E-state index contributed by atoms with van der Waals surface area (Å²) >= 11 is 7.33. The number of nitrogens with one attached hydrogen (secondary N) is 1. The SMILES string of the molecule is O=C(Cn1nc2c(SCc3ccc(Cl)cc3)nccn2c1=O)Nc1cccc(F)c1. The van der Waals surface area contributed by atoms with Gasteiger partial charge < -0.3 is 5.32 Å². The van der Waals surface area contributed by atoms with E-state index in [1.807, 2.05) is 24.3 Å². The van der Waals surface area contributed by atoms with Crippen molar-refractivity contribution in [2.24, 2.45) is 0 Å². The van der Waals surface area contributed by atoms with E-state index in [2.05, 4.69) is 15.4 Å². The molecule has 7 nitrogen and oxygen atoms in total. The zero-order valence-electron chi connectivity index (χ0n) is 15.5. The lowest BCUT2D eigenvalue weighted by Gasteiger charge is -2.04. The van der Waals surface area contributed by atoms with Crippen LogP contribution in [0.25, 0.3) is 5.65 Å². The highest BCUT2D eigenvalue weighted by molar-refractivity contribution is 7.98. The number of fused-ring (bicyclic) bond motifs is 1. The van der Waals surface area contributed by atoms with Crippen LogP contribution in [0, 0.1) is 5.82 Å². The molecule has 4 rings (SSSR count). The number of carbonyl (C=O) groups excluding carboxylic acids is 1. The van der Waals surface area contributed by atoms with Crippen LogP contribution in [0.5, 0.6) is 0 Å². The molecule has 30 heavy (non-hydrogen) atoms. The fraction of sp³-hybridized carbons (Fsp3) is 0.100. The summed E-state index contributed by atoms with van der Waals surface area (Å²) in [5.41, 5.74) is 1.25. The zero-order chi connectivity index (χ0) is 21.1. The smallest absolute Gasteiger partial charge is 0.324 e. The van der Waals surface area contributed by atoms with Crippen LogP contribution in [0.2, 0.25) is 5.02 Å². The minimum atomic E-state index is -0.491. The summed E-state index contributed by atoms with van der Waals surface area (Å²) in [5, 5.41) is 8.04. The second-order valence-corrected chi connectivity index (χ2v) is 7.74. The van der Waals surface area contributed by atoms with E-state index in [0.717, 1.165) is 10.2 Å². The van der Waals surface area contributed by atoms with E-state index in [-0.39, 0.29) is 6.54 Å². The number of hydrogen-bond acceptors (Lipinski definition) is 5. The number of halogens is 2. The Morgan fingerprint density at radius 3 is 2.77 bits per heavy atom. The van der Waals surface area contributed by atoms with Crippen molar-refractivity contribution in [1.82, 2.24) is 19.2 Å². The summed E-state index contributed by atoms with van der Waals surface area (Å²) < 4.78 is 15.7. The number of hydrogen-bond donors (Lipinski definition) is 1. The number of amides is 1. The van der Waals surface area contributed by atoms with Gasteiger partial charge in [-0.25, -0.2) is 23.3 Å². The minimum absolute atomic E-state index is 0.303. The van der Waals surface area contributed by atoms with Crippen molar-refractivity contribution < 1.29 is 9.18 Å². The van der Waals surface area contributed by atoms with Crippen molar-refractivity contribution in [1.29, 1.82) is 0 Å². The van der Waals surface area contributed by atoms with Gasteiger partial charge in [0.1, 0.15) is 17.4 Å². The molecule has 0 fully saturated rings. The van der Waals surface area contributed by atoms with Crippen LogP contribution in [-0.4, -0.2) is 25.1 Å². The maximum absolute atomic E-state index is 13.3. The molecule has 0 aliphatic carbocycles. The highest BCUT2D eigenvalue weighted by Crippen LogP contribution is 2.24. The molecular formula is C20H15ClFN5O2S. The zero-order valence-corrected chi connectivity index (χ0v) is 17.0. The number of carbonyl (C=O) groups is 1. The average molecular weight is 444 g/mol. The largest absolute Gasteiger partial charge is 0.350 e. The molecule has 2 aromatic carbocycles. The van der Waals surface area contributed by atoms with E-state index in [1.54, 1.807) is 6.07 Å². The van der Waals surface area contributed by atoms with Crippen LogP contribution in [0.1, 0.15) is 5.56 Å². The van der Waals surface area contributed by atoms with E-state index in [4.69, 9.17) is 11.6 Å². The quantitative estimate of drug-likeness (QED) is 0.460. The van der Waals surface area contributed by atoms with Gasteiger partial charge in [-0.2, -0.15) is 0 Å². The molecule has 10 heteroatoms. The van der Waals surface area contributed by atoms with Crippen molar-refractivity contribution >= 4 is 40.6 Å². The predicted octanol–water partition coefficient (Wildman–Crippen LogP) is 3.61. The molecule has 0 atom stereocenters. The van der Waals surface area contributed by atoms with E-state index >= 15 is 0 Å². The lowest BCUT2D eigenvalue weighted by molar-refractivity contribution is -0.117. The Hall–Kier alpha value is -3.17. The summed E-state index contributed by atoms with van der Waals surface area (Å²) in [5.74, 6) is -0.342. The van der Waals surface area contributed by atoms with E-state index in [9.17, 15) is 14.0 Å². The van der Waals surface area contributed by atoms with E-state index in [0.29, 0.717) is 27.1 Å². The standard InChI is InChI=1S/C20H15ClFN5O2S/c21-14-6-4-13(5-7-14)12-30-19-18-25-27(20(29)26(18)9-8-23-19)11-17(28)24-16-3-1-2-15(22)10-16/h1-10H,11-12H2,(H,24,28). The number of nitrogens with zero attached hydrogens (tertiary/aromatic N) is 4. The second-order valence-electron chi connectivity index (χ2n) is 6.34. The van der Waals surface area contributed by atoms with Gasteiger partial charge in [-0.05, 0) is 35.9 Å². The summed E-state index contributed by atoms with van der Waals surface area (Å²) in [4.78, 5) is 29.2. The molecule has 0 saturated carbocycles. The molecule has 0 aliphatic heterocycles. The van der Waals surface area contributed by atoms with Gasteiger partial charge in [-0.1, -0.05) is 41.6 Å². The maximum atomic E-state index is 13.3. The maximum Gasteiger partial charge on any atom is 0.350 e. The molecule has 0 unspecified atom stereocenters. The molecule has 2 heterocycles. The van der Waals surface area contributed by atoms with E-state index in [1.165, 1.54) is 46.8 Å². The summed E-state index contributed by atoms with van der Waals surface area (Å²) in [6.45, 7) is -0.307. The van der Waals surface area contributed by atoms with Gasteiger partial charge in [-0.15, -0.1) is 5.10 Å². The molecule has 152 valence electrons. The third-order valence-electron chi connectivity index (χ3n) is 4.16. The fourth-order valence-electron chi connectivity index (χ4n) is 2.77. The van der Waals surface area contributed by atoms with Gasteiger partial charge >= 0.3 is 5.69 Å². The normalized spacial score (nSPS) is 11.0. The second kappa shape index (κ2) is 8.68. The molecule has 0 saturated heterocycles. The van der Waals surface area contributed by atoms with Gasteiger partial charge in [0, 0.05) is 28.9 Å². The Labute approximate surface area is 179 Å². The number of anilines is 1. The molecule has 2 aromatic heterocycles. The fourth-order valence-corrected chi connectivity index (χ4v) is 3.79. The van der Waals surface area contributed by atoms with Gasteiger partial charge in [0.15, 0.2) is 5.65 Å². The topological polar surface area (TPSA) is 81.3 Å². The minimum Gasteiger partial charge on any atom is -0.324 e. The lowest BCUT2D eigenvalue weighted by Crippen LogP contribution is -2.28. The van der Waals surface area contributed by atoms with Crippen molar-refractivity contribution in [3.05, 3.63) is 87.8 Å². The van der Waals surface area contributed by atoms with Crippen LogP contribution >= 0.6 is 23.4 Å². The average Bonchev–Trinajstić information content (AvgIpc) is 3.03. The van der Waals surface area contributed by atoms with Crippen LogP contribution in [0.4, 0.5) is 10.1 Å². The van der Waals surface area contributed by atoms with Gasteiger partial charge in [0.2, 0.25) is 5.91 Å². The first-order valence-corrected chi connectivity index (χ1v) is 10.2. The first kappa shape index (κ1) is 20.1. The van der Waals surface area contributed by atoms with Crippen molar-refractivity contribution in [3.8, 4) is 0 Å². The number of benzene rings is 2. The number of thioether (sulfide) groups is 1. The Kier molecular flexibility index (Phi) is 5.82. The molecule has 0 aliphatic rings. The Morgan fingerprint density at radius 1 is 1.20 bits per heavy atom. The van der Waals surface area contributed by atoms with Crippen LogP contribution in [0.3, 0.4) is 0 Å². The van der Waals surface area contributed by atoms with Crippen molar-refractivity contribution in [2.75, 3.05) is 5.32 Å². The van der Waals surface area contributed by atoms with Gasteiger partial charge in [0.25, 0.3) is 0 Å². The Balaban J connectivity index is 1.53. The molecule has 1 N–H and O–H groups in total. The Bertz CT molecular complexity index is 1270. The first-order valence-electron chi connectivity index (χ1n) is 8.86. The monoisotopic (exact) mass is 443 g/mol. The molecular weight excluding hydrogens is 429 g/mol. The highest BCUT2D eigenvalue weighted by Gasteiger charge is 2.15. The lowest BCUT2D eigenvalue weighted by atomic mass is 10.2. The highest BCUT2D eigenvalue weighted by atomic mass is 35.5. The van der Waals surface area contributed by atoms with Gasteiger partial charge in [0.05, 0.1) is 0 Å². The molecule has 0 bridgehead atoms. The molecule has 0 spiro atoms. The van der Waals surface area contributed by atoms with Crippen LogP contribution in [0.15, 0.2) is 70.7 Å². The summed E-state index contributed by atoms with van der Waals surface area (Å²) in [6.07, 6.45) is 3.01. The molecule has 1 amide bonds. The van der Waals surface area contributed by atoms with Crippen LogP contribution in [-0.2, 0) is 17.1 Å². The summed E-state index contributed by atoms with van der Waals surface area (Å²) in [6, 6.07) is 13.0. The third kappa shape index (κ3) is 4.52. The van der Waals surface area contributed by atoms with Gasteiger partial charge in [-0.3, -0.25) is 4.79 Å². The number of rotatable bonds is 6.